The molecule has 0 atom stereocenters. The normalized spacial score (nSPS) is 11.1. The molecule has 0 saturated heterocycles. The van der Waals surface area contributed by atoms with Gasteiger partial charge in [-0.25, -0.2) is 4.98 Å². The van der Waals surface area contributed by atoms with Gasteiger partial charge in [-0.3, -0.25) is 4.68 Å². The molecule has 0 amide bonds. The summed E-state index contributed by atoms with van der Waals surface area (Å²) in [4.78, 5) is 4.57. The van der Waals surface area contributed by atoms with Crippen LogP contribution in [-0.4, -0.2) is 33.0 Å². The summed E-state index contributed by atoms with van der Waals surface area (Å²) in [5.74, 6) is 0.803. The Morgan fingerprint density at radius 1 is 1.30 bits per heavy atom. The minimum absolute atomic E-state index is 0.646. The first-order chi connectivity index (χ1) is 9.78. The molecule has 0 saturated carbocycles. The lowest BCUT2D eigenvalue weighted by Gasteiger charge is -2.03. The molecule has 0 aliphatic heterocycles. The molecule has 0 aliphatic carbocycles. The van der Waals surface area contributed by atoms with Gasteiger partial charge in [-0.2, -0.15) is 5.10 Å². The molecule has 0 fully saturated rings. The monoisotopic (exact) mass is 271 g/mol. The van der Waals surface area contributed by atoms with Crippen LogP contribution >= 0.6 is 0 Å². The van der Waals surface area contributed by atoms with Gasteiger partial charge in [0.1, 0.15) is 0 Å². The van der Waals surface area contributed by atoms with E-state index in [2.05, 4.69) is 21.5 Å². The topological polar surface area (TPSA) is 56.9 Å². The van der Waals surface area contributed by atoms with Gasteiger partial charge in [0.15, 0.2) is 0 Å². The average molecular weight is 271 g/mol. The van der Waals surface area contributed by atoms with Gasteiger partial charge < -0.3 is 14.6 Å². The fraction of sp³-hybridized carbons (Fsp3) is 0.286. The Morgan fingerprint density at radius 2 is 2.15 bits per heavy atom. The summed E-state index contributed by atoms with van der Waals surface area (Å²) >= 11 is 0. The van der Waals surface area contributed by atoms with Crippen LogP contribution in [0.5, 0.6) is 0 Å². The highest BCUT2D eigenvalue weighted by molar-refractivity contribution is 5.79. The van der Waals surface area contributed by atoms with Crippen molar-refractivity contribution in [3.8, 4) is 0 Å². The van der Waals surface area contributed by atoms with E-state index in [-0.39, 0.29) is 0 Å². The van der Waals surface area contributed by atoms with Crippen molar-refractivity contribution in [2.45, 2.75) is 6.54 Å². The van der Waals surface area contributed by atoms with Crippen molar-refractivity contribution in [3.63, 3.8) is 0 Å². The average Bonchev–Trinajstić information content (AvgIpc) is 3.03. The van der Waals surface area contributed by atoms with Crippen LogP contribution < -0.4 is 5.32 Å². The lowest BCUT2D eigenvalue weighted by molar-refractivity contribution is 0.183. The lowest BCUT2D eigenvalue weighted by Crippen LogP contribution is -2.04. The van der Waals surface area contributed by atoms with Gasteiger partial charge in [0.05, 0.1) is 36.1 Å². The van der Waals surface area contributed by atoms with Crippen molar-refractivity contribution in [1.82, 2.24) is 19.3 Å². The number of rotatable bonds is 5. The third kappa shape index (κ3) is 2.37. The Balaban J connectivity index is 1.82. The number of anilines is 2. The van der Waals surface area contributed by atoms with E-state index in [4.69, 9.17) is 4.74 Å². The Bertz CT molecular complexity index is 715. The number of para-hydroxylation sites is 2. The Labute approximate surface area is 117 Å². The first kappa shape index (κ1) is 12.7. The van der Waals surface area contributed by atoms with E-state index in [1.54, 1.807) is 13.3 Å². The number of ether oxygens (including phenoxy) is 1. The van der Waals surface area contributed by atoms with Crippen molar-refractivity contribution in [2.24, 2.45) is 7.05 Å². The summed E-state index contributed by atoms with van der Waals surface area (Å²) < 4.78 is 8.91. The molecule has 1 aromatic carbocycles. The standard InChI is InChI=1S/C14H17N5O/c1-18-13-6-4-3-5-12(13)17-14(18)16-11-9-15-19(10-11)7-8-20-2/h3-6,9-10H,7-8H2,1-2H3,(H,16,17). The zero-order valence-electron chi connectivity index (χ0n) is 11.6. The second-order valence-electron chi connectivity index (χ2n) is 4.59. The molecule has 104 valence electrons. The minimum atomic E-state index is 0.646. The summed E-state index contributed by atoms with van der Waals surface area (Å²) in [7, 11) is 3.68. The molecule has 6 heteroatoms. The molecule has 0 unspecified atom stereocenters. The smallest absolute Gasteiger partial charge is 0.208 e. The van der Waals surface area contributed by atoms with Crippen LogP contribution in [0.1, 0.15) is 0 Å². The van der Waals surface area contributed by atoms with Crippen LogP contribution in [0.15, 0.2) is 36.7 Å². The van der Waals surface area contributed by atoms with E-state index in [1.165, 1.54) is 0 Å². The molecule has 6 nitrogen and oxygen atoms in total. The second-order valence-corrected chi connectivity index (χ2v) is 4.59. The van der Waals surface area contributed by atoms with Crippen LogP contribution in [0.2, 0.25) is 0 Å². The number of methoxy groups -OCH3 is 1. The predicted octanol–water partition coefficient (Wildman–Crippen LogP) is 2.16. The van der Waals surface area contributed by atoms with E-state index >= 15 is 0 Å². The van der Waals surface area contributed by atoms with Crippen LogP contribution in [0.25, 0.3) is 11.0 Å². The quantitative estimate of drug-likeness (QED) is 0.772. The van der Waals surface area contributed by atoms with Crippen LogP contribution in [-0.2, 0) is 18.3 Å². The minimum Gasteiger partial charge on any atom is -0.383 e. The van der Waals surface area contributed by atoms with Crippen molar-refractivity contribution >= 4 is 22.7 Å². The molecule has 0 bridgehead atoms. The van der Waals surface area contributed by atoms with Gasteiger partial charge in [0.25, 0.3) is 0 Å². The Morgan fingerprint density at radius 3 is 2.95 bits per heavy atom. The molecular formula is C14H17N5O. The number of hydrogen-bond donors (Lipinski definition) is 1. The predicted molar refractivity (Wildman–Crippen MR) is 78.1 cm³/mol. The molecule has 20 heavy (non-hydrogen) atoms. The number of hydrogen-bond acceptors (Lipinski definition) is 4. The van der Waals surface area contributed by atoms with Crippen LogP contribution in [0.3, 0.4) is 0 Å². The number of aryl methyl sites for hydroxylation is 1. The van der Waals surface area contributed by atoms with Crippen molar-refractivity contribution in [1.29, 1.82) is 0 Å². The number of benzene rings is 1. The van der Waals surface area contributed by atoms with Crippen LogP contribution in [0, 0.1) is 0 Å². The maximum atomic E-state index is 5.03. The highest BCUT2D eigenvalue weighted by Gasteiger charge is 2.08. The molecule has 3 aromatic rings. The molecule has 0 radical (unpaired) electrons. The maximum Gasteiger partial charge on any atom is 0.208 e. The molecule has 1 N–H and O–H groups in total. The van der Waals surface area contributed by atoms with E-state index in [1.807, 2.05) is 40.7 Å². The number of imidazole rings is 1. The second kappa shape index (κ2) is 5.34. The third-order valence-electron chi connectivity index (χ3n) is 3.20. The fourth-order valence-corrected chi connectivity index (χ4v) is 2.12. The summed E-state index contributed by atoms with van der Waals surface area (Å²) in [5, 5.41) is 7.56. The number of nitrogens with one attached hydrogen (secondary N) is 1. The van der Waals surface area contributed by atoms with Gasteiger partial charge in [0, 0.05) is 20.4 Å². The van der Waals surface area contributed by atoms with Gasteiger partial charge >= 0.3 is 0 Å². The first-order valence-corrected chi connectivity index (χ1v) is 6.48. The number of nitrogens with zero attached hydrogens (tertiary/aromatic N) is 4. The lowest BCUT2D eigenvalue weighted by atomic mass is 10.3. The zero-order chi connectivity index (χ0) is 13.9. The first-order valence-electron chi connectivity index (χ1n) is 6.48. The molecule has 3 rings (SSSR count). The van der Waals surface area contributed by atoms with Crippen molar-refractivity contribution in [3.05, 3.63) is 36.7 Å². The zero-order valence-corrected chi connectivity index (χ0v) is 11.6. The number of aromatic nitrogens is 4. The van der Waals surface area contributed by atoms with Crippen molar-refractivity contribution in [2.75, 3.05) is 19.0 Å². The molecule has 2 heterocycles. The fourth-order valence-electron chi connectivity index (χ4n) is 2.12. The van der Waals surface area contributed by atoms with E-state index in [0.717, 1.165) is 29.2 Å². The largest absolute Gasteiger partial charge is 0.383 e. The molecular weight excluding hydrogens is 254 g/mol. The van der Waals surface area contributed by atoms with E-state index in [9.17, 15) is 0 Å². The third-order valence-corrected chi connectivity index (χ3v) is 3.20. The summed E-state index contributed by atoms with van der Waals surface area (Å²) in [6.45, 7) is 1.38. The molecule has 2 aromatic heterocycles. The van der Waals surface area contributed by atoms with Gasteiger partial charge in [-0.15, -0.1) is 0 Å². The van der Waals surface area contributed by atoms with E-state index in [0.29, 0.717) is 6.61 Å². The number of fused-ring (bicyclic) bond motifs is 1. The van der Waals surface area contributed by atoms with E-state index < -0.39 is 0 Å². The van der Waals surface area contributed by atoms with Gasteiger partial charge in [0.2, 0.25) is 5.95 Å². The highest BCUT2D eigenvalue weighted by atomic mass is 16.5. The summed E-state index contributed by atoms with van der Waals surface area (Å²) in [6, 6.07) is 8.05. The summed E-state index contributed by atoms with van der Waals surface area (Å²) in [5.41, 5.74) is 2.99. The highest BCUT2D eigenvalue weighted by Crippen LogP contribution is 2.20. The van der Waals surface area contributed by atoms with Gasteiger partial charge in [-0.05, 0) is 12.1 Å². The van der Waals surface area contributed by atoms with Gasteiger partial charge in [-0.1, -0.05) is 12.1 Å². The maximum absolute atomic E-state index is 5.03. The Kier molecular flexibility index (Phi) is 3.39. The molecule has 0 spiro atoms. The summed E-state index contributed by atoms with van der Waals surface area (Å²) in [6.07, 6.45) is 3.73. The van der Waals surface area contributed by atoms with Crippen molar-refractivity contribution < 1.29 is 4.74 Å². The molecule has 0 aliphatic rings. The SMILES string of the molecule is COCCn1cc(Nc2nc3ccccc3n2C)cn1. The van der Waals surface area contributed by atoms with Crippen LogP contribution in [0.4, 0.5) is 11.6 Å². The Hall–Kier alpha value is -2.34.